The topological polar surface area (TPSA) is 52.6 Å². The molecule has 0 aliphatic heterocycles. The van der Waals surface area contributed by atoms with Crippen molar-refractivity contribution in [3.63, 3.8) is 0 Å². The molecule has 2 aromatic rings. The Morgan fingerprint density at radius 3 is 2.58 bits per heavy atom. The van der Waals surface area contributed by atoms with Crippen LogP contribution in [0.3, 0.4) is 0 Å². The number of amides is 1. The summed E-state index contributed by atoms with van der Waals surface area (Å²) in [4.78, 5) is 15.3. The number of hydrogen-bond acceptors (Lipinski definition) is 4. The molecule has 0 bridgehead atoms. The minimum Gasteiger partial charge on any atom is -0.395 e. The van der Waals surface area contributed by atoms with Gasteiger partial charge in [0.25, 0.3) is 0 Å². The van der Waals surface area contributed by atoms with Gasteiger partial charge in [0.05, 0.1) is 18.8 Å². The van der Waals surface area contributed by atoms with Crippen LogP contribution >= 0.6 is 11.8 Å². The predicted molar refractivity (Wildman–Crippen MR) is 102 cm³/mol. The van der Waals surface area contributed by atoms with Crippen LogP contribution in [-0.4, -0.2) is 36.5 Å². The number of carbonyl (C=O) groups excluding carboxylic acids is 1. The maximum Gasteiger partial charge on any atom is 0.243 e. The molecular weight excluding hydrogens is 320 g/mol. The van der Waals surface area contributed by atoms with Gasteiger partial charge >= 0.3 is 0 Å². The van der Waals surface area contributed by atoms with E-state index < -0.39 is 0 Å². The molecule has 0 spiro atoms. The van der Waals surface area contributed by atoms with E-state index in [1.165, 1.54) is 0 Å². The van der Waals surface area contributed by atoms with Crippen molar-refractivity contribution in [2.24, 2.45) is 0 Å². The summed E-state index contributed by atoms with van der Waals surface area (Å²) in [6.45, 7) is 4.31. The van der Waals surface area contributed by atoms with E-state index in [1.807, 2.05) is 65.6 Å². The number of rotatable bonds is 9. The summed E-state index contributed by atoms with van der Waals surface area (Å²) in [6, 6.07) is 17.3. The van der Waals surface area contributed by atoms with Crippen molar-refractivity contribution in [3.8, 4) is 0 Å². The van der Waals surface area contributed by atoms with E-state index in [0.29, 0.717) is 6.54 Å². The summed E-state index contributed by atoms with van der Waals surface area (Å²) >= 11 is 1.63. The number of hydrogen-bond donors (Lipinski definition) is 2. The molecule has 0 aliphatic rings. The zero-order chi connectivity index (χ0) is 17.2. The van der Waals surface area contributed by atoms with Gasteiger partial charge in [-0.2, -0.15) is 0 Å². The Morgan fingerprint density at radius 1 is 1.17 bits per heavy atom. The third-order valence-corrected chi connectivity index (χ3v) is 4.41. The van der Waals surface area contributed by atoms with Gasteiger partial charge in [-0.25, -0.2) is 0 Å². The van der Waals surface area contributed by atoms with Crippen LogP contribution < -0.4 is 10.2 Å². The molecule has 2 rings (SSSR count). The highest BCUT2D eigenvalue weighted by molar-refractivity contribution is 7.99. The molecule has 126 valence electrons. The quantitative estimate of drug-likeness (QED) is 0.542. The lowest BCUT2D eigenvalue weighted by Gasteiger charge is -2.23. The van der Waals surface area contributed by atoms with Gasteiger partial charge < -0.3 is 15.3 Å². The average Bonchev–Trinajstić information content (AvgIpc) is 2.61. The number of benzene rings is 2. The van der Waals surface area contributed by atoms with Crippen LogP contribution in [-0.2, 0) is 4.79 Å². The third kappa shape index (κ3) is 5.44. The maximum absolute atomic E-state index is 12.4. The molecule has 0 saturated heterocycles. The molecule has 1 amide bonds. The highest BCUT2D eigenvalue weighted by Gasteiger charge is 2.12. The third-order valence-electron chi connectivity index (χ3n) is 3.34. The maximum atomic E-state index is 12.4. The first-order valence-electron chi connectivity index (χ1n) is 7.78. The molecule has 0 radical (unpaired) electrons. The molecule has 0 heterocycles. The summed E-state index contributed by atoms with van der Waals surface area (Å²) in [7, 11) is 0. The van der Waals surface area contributed by atoms with Gasteiger partial charge in [0.15, 0.2) is 0 Å². The van der Waals surface area contributed by atoms with E-state index >= 15 is 0 Å². The number of nitrogens with zero attached hydrogens (tertiary/aromatic N) is 1. The average molecular weight is 342 g/mol. The minimum atomic E-state index is -0.112. The van der Waals surface area contributed by atoms with Crippen molar-refractivity contribution in [2.75, 3.05) is 35.7 Å². The Kier molecular flexibility index (Phi) is 7.39. The summed E-state index contributed by atoms with van der Waals surface area (Å²) in [5, 5.41) is 12.2. The smallest absolute Gasteiger partial charge is 0.243 e. The summed E-state index contributed by atoms with van der Waals surface area (Å²) in [5.74, 6) is 0.673. The standard InChI is InChI=1S/C19H22N2O2S/c1-2-14-24-18-11-7-6-10-17(18)20-19(23)15-21(12-13-22)16-8-4-3-5-9-16/h2-11,22H,1,12-15H2,(H,20,23). The van der Waals surface area contributed by atoms with Gasteiger partial charge in [-0.1, -0.05) is 36.4 Å². The molecule has 0 aromatic heterocycles. The highest BCUT2D eigenvalue weighted by atomic mass is 32.2. The van der Waals surface area contributed by atoms with Crippen LogP contribution in [0.15, 0.2) is 72.1 Å². The number of para-hydroxylation sites is 2. The van der Waals surface area contributed by atoms with Crippen LogP contribution in [0.1, 0.15) is 0 Å². The van der Waals surface area contributed by atoms with Crippen molar-refractivity contribution in [2.45, 2.75) is 4.90 Å². The molecule has 2 aromatic carbocycles. The lowest BCUT2D eigenvalue weighted by Crippen LogP contribution is -2.35. The van der Waals surface area contributed by atoms with Crippen LogP contribution in [0.25, 0.3) is 0 Å². The number of carbonyl (C=O) groups is 1. The van der Waals surface area contributed by atoms with E-state index in [2.05, 4.69) is 11.9 Å². The van der Waals surface area contributed by atoms with Crippen LogP contribution in [0.4, 0.5) is 11.4 Å². The van der Waals surface area contributed by atoms with Crippen molar-refractivity contribution in [1.29, 1.82) is 0 Å². The molecule has 0 fully saturated rings. The molecule has 0 saturated carbocycles. The van der Waals surface area contributed by atoms with Gasteiger partial charge in [0.1, 0.15) is 0 Å². The first kappa shape index (κ1) is 18.1. The lowest BCUT2D eigenvalue weighted by molar-refractivity contribution is -0.115. The zero-order valence-corrected chi connectivity index (χ0v) is 14.3. The van der Waals surface area contributed by atoms with Crippen molar-refractivity contribution in [1.82, 2.24) is 0 Å². The van der Waals surface area contributed by atoms with Gasteiger partial charge in [-0.15, -0.1) is 18.3 Å². The predicted octanol–water partition coefficient (Wildman–Crippen LogP) is 3.40. The van der Waals surface area contributed by atoms with Crippen molar-refractivity contribution in [3.05, 3.63) is 67.3 Å². The first-order valence-corrected chi connectivity index (χ1v) is 8.76. The van der Waals surface area contributed by atoms with Gasteiger partial charge in [0.2, 0.25) is 5.91 Å². The minimum absolute atomic E-state index is 0.00600. The molecule has 0 unspecified atom stereocenters. The monoisotopic (exact) mass is 342 g/mol. The fourth-order valence-corrected chi connectivity index (χ4v) is 3.01. The number of aliphatic hydroxyl groups excluding tert-OH is 1. The first-order chi connectivity index (χ1) is 11.7. The van der Waals surface area contributed by atoms with Gasteiger partial charge in [0, 0.05) is 22.9 Å². The Labute approximate surface area is 147 Å². The summed E-state index contributed by atoms with van der Waals surface area (Å²) in [6.07, 6.45) is 1.83. The van der Waals surface area contributed by atoms with E-state index in [1.54, 1.807) is 11.8 Å². The zero-order valence-electron chi connectivity index (χ0n) is 13.5. The summed E-state index contributed by atoms with van der Waals surface area (Å²) < 4.78 is 0. The molecule has 24 heavy (non-hydrogen) atoms. The molecule has 0 aliphatic carbocycles. The molecule has 5 heteroatoms. The lowest BCUT2D eigenvalue weighted by atomic mass is 10.2. The van der Waals surface area contributed by atoms with E-state index in [-0.39, 0.29) is 19.1 Å². The second-order valence-corrected chi connectivity index (χ2v) is 6.19. The Bertz CT molecular complexity index is 661. The Hall–Kier alpha value is -2.24. The molecular formula is C19H22N2O2S. The largest absolute Gasteiger partial charge is 0.395 e. The van der Waals surface area contributed by atoms with Crippen molar-refractivity contribution < 1.29 is 9.90 Å². The molecule has 2 N–H and O–H groups in total. The van der Waals surface area contributed by atoms with E-state index in [9.17, 15) is 9.90 Å². The van der Waals surface area contributed by atoms with E-state index in [0.717, 1.165) is 22.0 Å². The van der Waals surface area contributed by atoms with Crippen molar-refractivity contribution >= 4 is 29.0 Å². The molecule has 0 atom stereocenters. The fourth-order valence-electron chi connectivity index (χ4n) is 2.27. The Balaban J connectivity index is 2.05. The normalized spacial score (nSPS) is 10.2. The van der Waals surface area contributed by atoms with Crippen LogP contribution in [0.5, 0.6) is 0 Å². The van der Waals surface area contributed by atoms with E-state index in [4.69, 9.17) is 0 Å². The van der Waals surface area contributed by atoms with Crippen LogP contribution in [0, 0.1) is 0 Å². The second-order valence-electron chi connectivity index (χ2n) is 5.12. The number of anilines is 2. The van der Waals surface area contributed by atoms with Gasteiger partial charge in [-0.05, 0) is 24.3 Å². The van der Waals surface area contributed by atoms with Gasteiger partial charge in [-0.3, -0.25) is 4.79 Å². The fraction of sp³-hybridized carbons (Fsp3) is 0.211. The summed E-state index contributed by atoms with van der Waals surface area (Å²) in [5.41, 5.74) is 1.71. The number of thioether (sulfide) groups is 1. The second kappa shape index (κ2) is 9.80. The SMILES string of the molecule is C=CCSc1ccccc1NC(=O)CN(CCO)c1ccccc1. The highest BCUT2D eigenvalue weighted by Crippen LogP contribution is 2.27. The number of aliphatic hydroxyl groups is 1. The molecule has 4 nitrogen and oxygen atoms in total. The number of nitrogens with one attached hydrogen (secondary N) is 1. The van der Waals surface area contributed by atoms with Crippen LogP contribution in [0.2, 0.25) is 0 Å². The Morgan fingerprint density at radius 2 is 1.88 bits per heavy atom.